The fourth-order valence-electron chi connectivity index (χ4n) is 2.28. The minimum Gasteiger partial charge on any atom is -0.331 e. The minimum absolute atomic E-state index is 0.0907. The van der Waals surface area contributed by atoms with Gasteiger partial charge >= 0.3 is 6.03 Å². The Kier molecular flexibility index (Phi) is 5.86. The number of nitrogens with zero attached hydrogens (tertiary/aromatic N) is 1. The van der Waals surface area contributed by atoms with Crippen LogP contribution in [0.1, 0.15) is 30.3 Å². The molecule has 22 heavy (non-hydrogen) atoms. The number of nitrogens with one attached hydrogen (secondary N) is 1. The van der Waals surface area contributed by atoms with Crippen molar-refractivity contribution in [3.8, 4) is 0 Å². The highest BCUT2D eigenvalue weighted by Gasteiger charge is 2.22. The monoisotopic (exact) mass is 336 g/mol. The van der Waals surface area contributed by atoms with E-state index in [9.17, 15) is 4.79 Å². The summed E-state index contributed by atoms with van der Waals surface area (Å²) in [5.74, 6) is 0.249. The molecular weight excluding hydrogens is 316 g/mol. The number of rotatable bonds is 5. The van der Waals surface area contributed by atoms with Crippen molar-refractivity contribution in [1.82, 2.24) is 10.2 Å². The zero-order chi connectivity index (χ0) is 16.1. The molecule has 5 heteroatoms. The Morgan fingerprint density at radius 1 is 1.27 bits per heavy atom. The summed E-state index contributed by atoms with van der Waals surface area (Å²) >= 11 is 7.93. The van der Waals surface area contributed by atoms with E-state index in [0.717, 1.165) is 10.4 Å². The molecule has 0 saturated heterocycles. The molecule has 2 aromatic rings. The molecule has 1 N–H and O–H groups in total. The van der Waals surface area contributed by atoms with Gasteiger partial charge in [0, 0.05) is 16.9 Å². The van der Waals surface area contributed by atoms with E-state index >= 15 is 0 Å². The number of carbonyl (C=O) groups is 1. The molecule has 2 rings (SSSR count). The fraction of sp³-hybridized carbons (Fsp3) is 0.353. The third-order valence-corrected chi connectivity index (χ3v) is 4.71. The number of thiophene rings is 1. The van der Waals surface area contributed by atoms with Crippen molar-refractivity contribution in [2.75, 3.05) is 7.05 Å². The third kappa shape index (κ3) is 4.24. The average molecular weight is 337 g/mol. The molecule has 1 unspecified atom stereocenters. The number of carbonyl (C=O) groups excluding carboxylic acids is 1. The van der Waals surface area contributed by atoms with Crippen molar-refractivity contribution in [3.05, 3.63) is 57.2 Å². The van der Waals surface area contributed by atoms with E-state index in [0.29, 0.717) is 11.6 Å². The smallest absolute Gasteiger partial charge is 0.317 e. The molecule has 0 fully saturated rings. The van der Waals surface area contributed by atoms with Crippen LogP contribution in [-0.4, -0.2) is 18.0 Å². The van der Waals surface area contributed by atoms with E-state index in [-0.39, 0.29) is 18.0 Å². The van der Waals surface area contributed by atoms with Crippen LogP contribution in [0.5, 0.6) is 0 Å². The molecule has 1 aromatic carbocycles. The van der Waals surface area contributed by atoms with Crippen molar-refractivity contribution < 1.29 is 4.79 Å². The van der Waals surface area contributed by atoms with Crippen LogP contribution in [-0.2, 0) is 6.54 Å². The van der Waals surface area contributed by atoms with Gasteiger partial charge in [0.2, 0.25) is 0 Å². The molecule has 118 valence electrons. The molecule has 0 aliphatic rings. The summed E-state index contributed by atoms with van der Waals surface area (Å²) < 4.78 is 0. The number of urea groups is 1. The maximum Gasteiger partial charge on any atom is 0.317 e. The van der Waals surface area contributed by atoms with Crippen molar-refractivity contribution >= 4 is 29.0 Å². The van der Waals surface area contributed by atoms with Gasteiger partial charge in [-0.05, 0) is 29.0 Å². The van der Waals surface area contributed by atoms with Crippen LogP contribution in [0.3, 0.4) is 0 Å². The van der Waals surface area contributed by atoms with Gasteiger partial charge in [0.05, 0.1) is 12.6 Å². The second kappa shape index (κ2) is 7.65. The zero-order valence-electron chi connectivity index (χ0n) is 13.0. The van der Waals surface area contributed by atoms with Crippen molar-refractivity contribution in [1.29, 1.82) is 0 Å². The average Bonchev–Trinajstić information content (AvgIpc) is 2.98. The Morgan fingerprint density at radius 2 is 2.00 bits per heavy atom. The molecule has 2 amide bonds. The summed E-state index contributed by atoms with van der Waals surface area (Å²) in [4.78, 5) is 15.3. The fourth-order valence-corrected chi connectivity index (χ4v) is 3.29. The highest BCUT2D eigenvalue weighted by Crippen LogP contribution is 2.28. The predicted molar refractivity (Wildman–Crippen MR) is 93.3 cm³/mol. The van der Waals surface area contributed by atoms with Crippen LogP contribution in [0, 0.1) is 5.92 Å². The van der Waals surface area contributed by atoms with Gasteiger partial charge in [-0.15, -0.1) is 11.3 Å². The Bertz CT molecular complexity index is 613. The summed E-state index contributed by atoms with van der Waals surface area (Å²) in [5, 5.41) is 5.79. The first-order valence-electron chi connectivity index (χ1n) is 7.27. The summed E-state index contributed by atoms with van der Waals surface area (Å²) in [7, 11) is 1.80. The number of amides is 2. The largest absolute Gasteiger partial charge is 0.331 e. The standard InChI is InChI=1S/C17H21ClN2OS/c1-12(2)16(14-8-4-5-9-15(14)18)19-17(21)20(3)11-13-7-6-10-22-13/h4-10,12,16H,11H2,1-3H3,(H,19,21). The Morgan fingerprint density at radius 3 is 2.59 bits per heavy atom. The number of halogens is 1. The van der Waals surface area contributed by atoms with E-state index in [2.05, 4.69) is 19.2 Å². The van der Waals surface area contributed by atoms with Gasteiger partial charge in [-0.2, -0.15) is 0 Å². The van der Waals surface area contributed by atoms with E-state index in [4.69, 9.17) is 11.6 Å². The highest BCUT2D eigenvalue weighted by molar-refractivity contribution is 7.09. The van der Waals surface area contributed by atoms with Gasteiger partial charge in [-0.25, -0.2) is 4.79 Å². The van der Waals surface area contributed by atoms with Crippen molar-refractivity contribution in [3.63, 3.8) is 0 Å². The second-order valence-electron chi connectivity index (χ2n) is 5.63. The van der Waals surface area contributed by atoms with Gasteiger partial charge < -0.3 is 10.2 Å². The van der Waals surface area contributed by atoms with Gasteiger partial charge in [0.1, 0.15) is 0 Å². The molecule has 1 heterocycles. The minimum atomic E-state index is -0.105. The molecule has 0 aliphatic heterocycles. The number of hydrogen-bond acceptors (Lipinski definition) is 2. The second-order valence-corrected chi connectivity index (χ2v) is 7.07. The predicted octanol–water partition coefficient (Wildman–Crippen LogP) is 4.94. The first-order valence-corrected chi connectivity index (χ1v) is 8.53. The van der Waals surface area contributed by atoms with Crippen LogP contribution >= 0.6 is 22.9 Å². The zero-order valence-corrected chi connectivity index (χ0v) is 14.6. The van der Waals surface area contributed by atoms with E-state index in [1.165, 1.54) is 0 Å². The van der Waals surface area contributed by atoms with Gasteiger partial charge in [-0.1, -0.05) is 49.7 Å². The lowest BCUT2D eigenvalue weighted by Gasteiger charge is -2.27. The van der Waals surface area contributed by atoms with Crippen LogP contribution in [0.4, 0.5) is 4.79 Å². The van der Waals surface area contributed by atoms with Crippen molar-refractivity contribution in [2.45, 2.75) is 26.4 Å². The lowest BCUT2D eigenvalue weighted by Crippen LogP contribution is -2.40. The first kappa shape index (κ1) is 16.8. The quantitative estimate of drug-likeness (QED) is 0.824. The van der Waals surface area contributed by atoms with Gasteiger partial charge in [0.15, 0.2) is 0 Å². The van der Waals surface area contributed by atoms with E-state index in [1.807, 2.05) is 41.8 Å². The maximum atomic E-state index is 12.4. The Labute approximate surface area is 140 Å². The molecule has 1 aromatic heterocycles. The number of benzene rings is 1. The maximum absolute atomic E-state index is 12.4. The molecule has 3 nitrogen and oxygen atoms in total. The van der Waals surface area contributed by atoms with Gasteiger partial charge in [-0.3, -0.25) is 0 Å². The molecule has 0 radical (unpaired) electrons. The van der Waals surface area contributed by atoms with Crippen LogP contribution in [0.25, 0.3) is 0 Å². The molecule has 0 spiro atoms. The highest BCUT2D eigenvalue weighted by atomic mass is 35.5. The topological polar surface area (TPSA) is 32.3 Å². The summed E-state index contributed by atoms with van der Waals surface area (Å²) in [6, 6.07) is 11.5. The molecule has 0 saturated carbocycles. The lowest BCUT2D eigenvalue weighted by molar-refractivity contribution is 0.199. The summed E-state index contributed by atoms with van der Waals surface area (Å²) in [6.45, 7) is 4.76. The number of hydrogen-bond donors (Lipinski definition) is 1. The van der Waals surface area contributed by atoms with Crippen LogP contribution in [0.2, 0.25) is 5.02 Å². The Balaban J connectivity index is 2.08. The summed E-state index contributed by atoms with van der Waals surface area (Å²) in [5.41, 5.74) is 0.956. The van der Waals surface area contributed by atoms with E-state index < -0.39 is 0 Å². The van der Waals surface area contributed by atoms with Gasteiger partial charge in [0.25, 0.3) is 0 Å². The SMILES string of the molecule is CC(C)C(NC(=O)N(C)Cc1cccs1)c1ccccc1Cl. The molecule has 0 bridgehead atoms. The Hall–Kier alpha value is -1.52. The summed E-state index contributed by atoms with van der Waals surface area (Å²) in [6.07, 6.45) is 0. The molecule has 1 atom stereocenters. The van der Waals surface area contributed by atoms with Crippen LogP contribution in [0.15, 0.2) is 41.8 Å². The van der Waals surface area contributed by atoms with E-state index in [1.54, 1.807) is 23.3 Å². The lowest BCUT2D eigenvalue weighted by atomic mass is 9.96. The van der Waals surface area contributed by atoms with Crippen LogP contribution < -0.4 is 5.32 Å². The molecule has 0 aliphatic carbocycles. The first-order chi connectivity index (χ1) is 10.5. The third-order valence-electron chi connectivity index (χ3n) is 3.51. The van der Waals surface area contributed by atoms with Crippen molar-refractivity contribution in [2.24, 2.45) is 5.92 Å². The normalized spacial score (nSPS) is 12.2. The molecular formula is C17H21ClN2OS.